The Morgan fingerprint density at radius 3 is 2.71 bits per heavy atom. The van der Waals surface area contributed by atoms with Gasteiger partial charge in [0, 0.05) is 36.2 Å². The number of hydrogen-bond donors (Lipinski definition) is 0. The number of anilines is 1. The lowest BCUT2D eigenvalue weighted by molar-refractivity contribution is -0.385. The summed E-state index contributed by atoms with van der Waals surface area (Å²) >= 11 is 3.29. The average molecular weight is 301 g/mol. The van der Waals surface area contributed by atoms with Crippen molar-refractivity contribution in [3.05, 3.63) is 33.9 Å². The van der Waals surface area contributed by atoms with E-state index in [1.807, 2.05) is 13.1 Å². The summed E-state index contributed by atoms with van der Waals surface area (Å²) in [4.78, 5) is 12.6. The lowest BCUT2D eigenvalue weighted by Crippen LogP contribution is -2.18. The standard InChI is InChI=1S/C12H17BrN2O2/c1-3-4-7-14(2)11-5-6-12(15(16)17)10(8-11)9-13/h5-6,8H,3-4,7,9H2,1-2H3. The van der Waals surface area contributed by atoms with Crippen molar-refractivity contribution >= 4 is 27.3 Å². The number of hydrogen-bond acceptors (Lipinski definition) is 3. The molecule has 0 atom stereocenters. The maximum atomic E-state index is 10.8. The molecular formula is C12H17BrN2O2. The topological polar surface area (TPSA) is 46.4 Å². The van der Waals surface area contributed by atoms with Crippen molar-refractivity contribution in [1.82, 2.24) is 0 Å². The van der Waals surface area contributed by atoms with Gasteiger partial charge in [0.15, 0.2) is 0 Å². The van der Waals surface area contributed by atoms with Gasteiger partial charge in [0.1, 0.15) is 0 Å². The van der Waals surface area contributed by atoms with E-state index in [0.717, 1.165) is 30.6 Å². The first-order chi connectivity index (χ1) is 8.10. The third kappa shape index (κ3) is 3.70. The highest BCUT2D eigenvalue weighted by molar-refractivity contribution is 9.08. The summed E-state index contributed by atoms with van der Waals surface area (Å²) in [6.07, 6.45) is 2.26. The van der Waals surface area contributed by atoms with Crippen LogP contribution in [-0.4, -0.2) is 18.5 Å². The highest BCUT2D eigenvalue weighted by Crippen LogP contribution is 2.26. The van der Waals surface area contributed by atoms with Gasteiger partial charge in [-0.3, -0.25) is 10.1 Å². The molecule has 4 nitrogen and oxygen atoms in total. The van der Waals surface area contributed by atoms with Crippen molar-refractivity contribution in [3.63, 3.8) is 0 Å². The van der Waals surface area contributed by atoms with Gasteiger partial charge in [-0.05, 0) is 18.6 Å². The predicted octanol–water partition coefficient (Wildman–Crippen LogP) is 3.73. The number of alkyl halides is 1. The molecule has 1 aromatic rings. The molecule has 17 heavy (non-hydrogen) atoms. The van der Waals surface area contributed by atoms with Gasteiger partial charge in [0.2, 0.25) is 0 Å². The minimum Gasteiger partial charge on any atom is -0.375 e. The number of nitrogens with zero attached hydrogens (tertiary/aromatic N) is 2. The fourth-order valence-corrected chi connectivity index (χ4v) is 2.07. The predicted molar refractivity (Wildman–Crippen MR) is 73.9 cm³/mol. The van der Waals surface area contributed by atoms with Crippen LogP contribution in [0.3, 0.4) is 0 Å². The molecular weight excluding hydrogens is 284 g/mol. The molecule has 0 radical (unpaired) electrons. The van der Waals surface area contributed by atoms with Crippen molar-refractivity contribution in [2.75, 3.05) is 18.5 Å². The molecule has 1 rings (SSSR count). The molecule has 0 aromatic heterocycles. The Balaban J connectivity index is 2.92. The molecule has 0 aliphatic rings. The average Bonchev–Trinajstić information content (AvgIpc) is 2.34. The normalized spacial score (nSPS) is 10.3. The minimum atomic E-state index is -0.341. The summed E-state index contributed by atoms with van der Waals surface area (Å²) in [5.74, 6) is 0. The Morgan fingerprint density at radius 1 is 1.47 bits per heavy atom. The lowest BCUT2D eigenvalue weighted by atomic mass is 10.1. The summed E-state index contributed by atoms with van der Waals surface area (Å²) in [5.41, 5.74) is 1.92. The summed E-state index contributed by atoms with van der Waals surface area (Å²) in [5, 5.41) is 11.3. The first-order valence-corrected chi connectivity index (χ1v) is 6.76. The summed E-state index contributed by atoms with van der Waals surface area (Å²) < 4.78 is 0. The molecule has 0 N–H and O–H groups in total. The van der Waals surface area contributed by atoms with E-state index < -0.39 is 0 Å². The van der Waals surface area contributed by atoms with Gasteiger partial charge in [-0.15, -0.1) is 0 Å². The van der Waals surface area contributed by atoms with Gasteiger partial charge >= 0.3 is 0 Å². The molecule has 0 bridgehead atoms. The van der Waals surface area contributed by atoms with Gasteiger partial charge < -0.3 is 4.90 Å². The van der Waals surface area contributed by atoms with Crippen LogP contribution in [0.25, 0.3) is 0 Å². The monoisotopic (exact) mass is 300 g/mol. The molecule has 0 aliphatic carbocycles. The SMILES string of the molecule is CCCCN(C)c1ccc([N+](=O)[O-])c(CBr)c1. The number of nitro groups is 1. The highest BCUT2D eigenvalue weighted by Gasteiger charge is 2.14. The Morgan fingerprint density at radius 2 is 2.18 bits per heavy atom. The molecule has 0 aliphatic heterocycles. The molecule has 0 spiro atoms. The first kappa shape index (κ1) is 14.0. The van der Waals surface area contributed by atoms with Gasteiger partial charge in [-0.2, -0.15) is 0 Å². The zero-order chi connectivity index (χ0) is 12.8. The quantitative estimate of drug-likeness (QED) is 0.457. The van der Waals surface area contributed by atoms with Crippen LogP contribution in [0.1, 0.15) is 25.3 Å². The van der Waals surface area contributed by atoms with Crippen molar-refractivity contribution in [2.24, 2.45) is 0 Å². The Bertz CT molecular complexity index is 396. The number of nitro benzene ring substituents is 1. The van der Waals surface area contributed by atoms with E-state index in [1.165, 1.54) is 0 Å². The molecule has 0 amide bonds. The van der Waals surface area contributed by atoms with Crippen LogP contribution in [0.2, 0.25) is 0 Å². The molecule has 0 saturated heterocycles. The van der Waals surface area contributed by atoms with Crippen LogP contribution in [0.5, 0.6) is 0 Å². The number of unbranched alkanes of at least 4 members (excludes halogenated alkanes) is 1. The molecule has 1 aromatic carbocycles. The van der Waals surface area contributed by atoms with Crippen LogP contribution < -0.4 is 4.90 Å². The fraction of sp³-hybridized carbons (Fsp3) is 0.500. The minimum absolute atomic E-state index is 0.175. The summed E-state index contributed by atoms with van der Waals surface area (Å²) in [6, 6.07) is 5.26. The fourth-order valence-electron chi connectivity index (χ4n) is 1.62. The summed E-state index contributed by atoms with van der Waals surface area (Å²) in [7, 11) is 2.01. The third-order valence-corrected chi connectivity index (χ3v) is 3.30. The van der Waals surface area contributed by atoms with Gasteiger partial charge in [-0.1, -0.05) is 29.3 Å². The molecule has 0 fully saturated rings. The second-order valence-corrected chi connectivity index (χ2v) is 4.54. The van der Waals surface area contributed by atoms with Crippen molar-refractivity contribution < 1.29 is 4.92 Å². The molecule has 5 heteroatoms. The van der Waals surface area contributed by atoms with E-state index in [2.05, 4.69) is 27.8 Å². The van der Waals surface area contributed by atoms with Crippen LogP contribution in [-0.2, 0) is 5.33 Å². The van der Waals surface area contributed by atoms with E-state index >= 15 is 0 Å². The largest absolute Gasteiger partial charge is 0.375 e. The number of rotatable bonds is 6. The molecule has 0 heterocycles. The van der Waals surface area contributed by atoms with Crippen LogP contribution in [0.4, 0.5) is 11.4 Å². The smallest absolute Gasteiger partial charge is 0.273 e. The van der Waals surface area contributed by atoms with E-state index in [0.29, 0.717) is 5.33 Å². The van der Waals surface area contributed by atoms with E-state index in [4.69, 9.17) is 0 Å². The van der Waals surface area contributed by atoms with Crippen molar-refractivity contribution in [2.45, 2.75) is 25.1 Å². The van der Waals surface area contributed by atoms with Crippen molar-refractivity contribution in [3.8, 4) is 0 Å². The summed E-state index contributed by atoms with van der Waals surface area (Å²) in [6.45, 7) is 3.11. The van der Waals surface area contributed by atoms with E-state index in [9.17, 15) is 10.1 Å². The second-order valence-electron chi connectivity index (χ2n) is 3.98. The van der Waals surface area contributed by atoms with Crippen molar-refractivity contribution in [1.29, 1.82) is 0 Å². The maximum Gasteiger partial charge on any atom is 0.273 e. The molecule has 0 saturated carbocycles. The first-order valence-electron chi connectivity index (χ1n) is 5.64. The van der Waals surface area contributed by atoms with Gasteiger partial charge in [0.25, 0.3) is 5.69 Å². The zero-order valence-electron chi connectivity index (χ0n) is 10.1. The number of halogens is 1. The zero-order valence-corrected chi connectivity index (χ0v) is 11.7. The van der Waals surface area contributed by atoms with E-state index in [1.54, 1.807) is 12.1 Å². The molecule has 94 valence electrons. The van der Waals surface area contributed by atoms with E-state index in [-0.39, 0.29) is 10.6 Å². The Kier molecular flexibility index (Phi) is 5.41. The van der Waals surface area contributed by atoms with Crippen LogP contribution >= 0.6 is 15.9 Å². The lowest BCUT2D eigenvalue weighted by Gasteiger charge is -2.19. The molecule has 0 unspecified atom stereocenters. The Labute approximate surface area is 110 Å². The van der Waals surface area contributed by atoms with Crippen LogP contribution in [0.15, 0.2) is 18.2 Å². The highest BCUT2D eigenvalue weighted by atomic mass is 79.9. The van der Waals surface area contributed by atoms with Crippen LogP contribution in [0, 0.1) is 10.1 Å². The third-order valence-electron chi connectivity index (χ3n) is 2.69. The maximum absolute atomic E-state index is 10.8. The van der Waals surface area contributed by atoms with Gasteiger partial charge in [-0.25, -0.2) is 0 Å². The number of benzene rings is 1. The Hall–Kier alpha value is -1.10. The van der Waals surface area contributed by atoms with Gasteiger partial charge in [0.05, 0.1) is 4.92 Å². The second kappa shape index (κ2) is 6.59.